The number of nitrogens with zero attached hydrogens (tertiary/aromatic N) is 2. The molecule has 1 aliphatic heterocycles. The molecule has 0 aliphatic carbocycles. The van der Waals surface area contributed by atoms with Crippen molar-refractivity contribution in [2.45, 2.75) is 65.1 Å². The van der Waals surface area contributed by atoms with Crippen molar-refractivity contribution in [3.63, 3.8) is 0 Å². The lowest BCUT2D eigenvalue weighted by Crippen LogP contribution is -2.67. The highest BCUT2D eigenvalue weighted by Gasteiger charge is 2.44. The van der Waals surface area contributed by atoms with Crippen LogP contribution in [0.1, 0.15) is 53.0 Å². The van der Waals surface area contributed by atoms with Crippen LogP contribution in [0.25, 0.3) is 0 Å². The summed E-state index contributed by atoms with van der Waals surface area (Å²) in [4.78, 5) is 7.26. The molecule has 2 unspecified atom stereocenters. The fraction of sp³-hybridized carbons (Fsp3) is 0.812. The summed E-state index contributed by atoms with van der Waals surface area (Å²) < 4.78 is 0. The molecule has 1 aliphatic rings. The van der Waals surface area contributed by atoms with E-state index in [0.717, 1.165) is 19.5 Å². The molecule has 0 radical (unpaired) electrons. The van der Waals surface area contributed by atoms with E-state index in [1.165, 1.54) is 5.01 Å². The zero-order chi connectivity index (χ0) is 15.0. The third-order valence-corrected chi connectivity index (χ3v) is 5.97. The molecule has 0 bridgehead atoms. The number of piperazine rings is 1. The van der Waals surface area contributed by atoms with E-state index in [1.54, 1.807) is 11.3 Å². The Morgan fingerprint density at radius 3 is 2.75 bits per heavy atom. The van der Waals surface area contributed by atoms with Crippen LogP contribution in [0.15, 0.2) is 11.6 Å². The summed E-state index contributed by atoms with van der Waals surface area (Å²) in [6, 6.07) is 0.563. The summed E-state index contributed by atoms with van der Waals surface area (Å²) in [6.45, 7) is 16.1. The molecule has 2 atom stereocenters. The van der Waals surface area contributed by atoms with Gasteiger partial charge >= 0.3 is 0 Å². The monoisotopic (exact) mass is 295 g/mol. The Balaban J connectivity index is 2.32. The van der Waals surface area contributed by atoms with Gasteiger partial charge in [-0.3, -0.25) is 4.90 Å². The van der Waals surface area contributed by atoms with Crippen LogP contribution in [0.4, 0.5) is 0 Å². The van der Waals surface area contributed by atoms with E-state index in [1.807, 2.05) is 6.20 Å². The van der Waals surface area contributed by atoms with Crippen molar-refractivity contribution in [2.24, 2.45) is 5.92 Å². The van der Waals surface area contributed by atoms with Gasteiger partial charge in [-0.15, -0.1) is 11.3 Å². The largest absolute Gasteiger partial charge is 0.309 e. The van der Waals surface area contributed by atoms with Crippen LogP contribution in [0, 0.1) is 5.92 Å². The van der Waals surface area contributed by atoms with Crippen LogP contribution in [-0.2, 0) is 5.54 Å². The molecule has 0 amide bonds. The van der Waals surface area contributed by atoms with Crippen LogP contribution in [-0.4, -0.2) is 34.6 Å². The van der Waals surface area contributed by atoms with Gasteiger partial charge in [0.1, 0.15) is 5.01 Å². The quantitative estimate of drug-likeness (QED) is 0.922. The van der Waals surface area contributed by atoms with Crippen LogP contribution < -0.4 is 5.32 Å². The van der Waals surface area contributed by atoms with Crippen molar-refractivity contribution < 1.29 is 0 Å². The summed E-state index contributed by atoms with van der Waals surface area (Å²) >= 11 is 1.77. The smallest absolute Gasteiger partial charge is 0.112 e. The van der Waals surface area contributed by atoms with Gasteiger partial charge in [-0.05, 0) is 33.1 Å². The van der Waals surface area contributed by atoms with Gasteiger partial charge in [0.2, 0.25) is 0 Å². The second-order valence-corrected chi connectivity index (χ2v) is 8.03. The van der Waals surface area contributed by atoms with E-state index < -0.39 is 0 Å². The van der Waals surface area contributed by atoms with Gasteiger partial charge in [-0.25, -0.2) is 4.98 Å². The fourth-order valence-electron chi connectivity index (χ4n) is 3.10. The number of aromatic nitrogens is 1. The molecule has 1 aromatic rings. The molecule has 1 N–H and O–H groups in total. The Hall–Kier alpha value is -0.450. The molecule has 0 saturated carbocycles. The Labute approximate surface area is 127 Å². The first-order valence-corrected chi connectivity index (χ1v) is 8.60. The molecule has 1 fully saturated rings. The molecule has 1 aromatic heterocycles. The first-order valence-electron chi connectivity index (χ1n) is 7.72. The predicted octanol–water partition coefficient (Wildman–Crippen LogP) is 3.48. The maximum absolute atomic E-state index is 4.59. The van der Waals surface area contributed by atoms with E-state index in [-0.39, 0.29) is 11.1 Å². The first kappa shape index (κ1) is 15.9. The molecule has 0 spiro atoms. The van der Waals surface area contributed by atoms with E-state index in [4.69, 9.17) is 0 Å². The van der Waals surface area contributed by atoms with Crippen LogP contribution >= 0.6 is 11.3 Å². The van der Waals surface area contributed by atoms with Crippen molar-refractivity contribution in [2.75, 3.05) is 13.1 Å². The predicted molar refractivity (Wildman–Crippen MR) is 87.2 cm³/mol. The van der Waals surface area contributed by atoms with E-state index >= 15 is 0 Å². The lowest BCUT2D eigenvalue weighted by Gasteiger charge is -2.53. The summed E-state index contributed by atoms with van der Waals surface area (Å²) in [5.41, 5.74) is 0.210. The van der Waals surface area contributed by atoms with Crippen molar-refractivity contribution in [1.29, 1.82) is 0 Å². The van der Waals surface area contributed by atoms with Gasteiger partial charge in [0.05, 0.1) is 5.54 Å². The van der Waals surface area contributed by atoms with Gasteiger partial charge in [-0.1, -0.05) is 20.8 Å². The lowest BCUT2D eigenvalue weighted by atomic mass is 9.85. The summed E-state index contributed by atoms with van der Waals surface area (Å²) in [5.74, 6) is 0.642. The molecule has 1 saturated heterocycles. The molecule has 2 heterocycles. The normalized spacial score (nSPS) is 29.1. The number of rotatable bonds is 4. The molecule has 114 valence electrons. The number of thiazole rings is 1. The molecule has 2 rings (SSSR count). The number of nitrogens with one attached hydrogen (secondary N) is 1. The Morgan fingerprint density at radius 2 is 2.25 bits per heavy atom. The van der Waals surface area contributed by atoms with Gasteiger partial charge in [0.25, 0.3) is 0 Å². The maximum atomic E-state index is 4.59. The Morgan fingerprint density at radius 1 is 1.55 bits per heavy atom. The van der Waals surface area contributed by atoms with Crippen LogP contribution in [0.3, 0.4) is 0 Å². The third kappa shape index (κ3) is 2.92. The average Bonchev–Trinajstić information content (AvgIpc) is 2.93. The maximum Gasteiger partial charge on any atom is 0.112 e. The van der Waals surface area contributed by atoms with Crippen molar-refractivity contribution in [1.82, 2.24) is 15.2 Å². The van der Waals surface area contributed by atoms with Gasteiger partial charge < -0.3 is 5.32 Å². The molecular weight excluding hydrogens is 266 g/mol. The lowest BCUT2D eigenvalue weighted by molar-refractivity contribution is -0.0173. The molecule has 3 nitrogen and oxygen atoms in total. The minimum atomic E-state index is 0.00162. The minimum absolute atomic E-state index is 0.00162. The van der Waals surface area contributed by atoms with Crippen molar-refractivity contribution in [3.05, 3.63) is 16.6 Å². The van der Waals surface area contributed by atoms with Crippen LogP contribution in [0.2, 0.25) is 0 Å². The van der Waals surface area contributed by atoms with E-state index in [2.05, 4.69) is 62.1 Å². The number of hydrogen-bond acceptors (Lipinski definition) is 4. The van der Waals surface area contributed by atoms with Gasteiger partial charge in [-0.2, -0.15) is 0 Å². The molecular formula is C16H29N3S. The second kappa shape index (κ2) is 5.74. The minimum Gasteiger partial charge on any atom is -0.309 e. The topological polar surface area (TPSA) is 28.2 Å². The highest BCUT2D eigenvalue weighted by Crippen LogP contribution is 2.36. The number of hydrogen-bond donors (Lipinski definition) is 1. The van der Waals surface area contributed by atoms with Crippen molar-refractivity contribution in [3.8, 4) is 0 Å². The first-order chi connectivity index (χ1) is 9.30. The van der Waals surface area contributed by atoms with E-state index in [9.17, 15) is 0 Å². The molecule has 20 heavy (non-hydrogen) atoms. The van der Waals surface area contributed by atoms with E-state index in [0.29, 0.717) is 12.0 Å². The third-order valence-electron chi connectivity index (χ3n) is 4.88. The Bertz CT molecular complexity index is 427. The fourth-order valence-corrected chi connectivity index (χ4v) is 3.88. The van der Waals surface area contributed by atoms with Crippen LogP contribution in [0.5, 0.6) is 0 Å². The summed E-state index contributed by atoms with van der Waals surface area (Å²) in [6.07, 6.45) is 3.08. The van der Waals surface area contributed by atoms with Gasteiger partial charge in [0.15, 0.2) is 0 Å². The van der Waals surface area contributed by atoms with Crippen molar-refractivity contribution >= 4 is 11.3 Å². The summed E-state index contributed by atoms with van der Waals surface area (Å²) in [5, 5.41) is 7.08. The molecule has 4 heteroatoms. The second-order valence-electron chi connectivity index (χ2n) is 7.13. The molecule has 0 aromatic carbocycles. The average molecular weight is 295 g/mol. The Kier molecular flexibility index (Phi) is 4.57. The summed E-state index contributed by atoms with van der Waals surface area (Å²) in [7, 11) is 0. The highest BCUT2D eigenvalue weighted by atomic mass is 32.1. The highest BCUT2D eigenvalue weighted by molar-refractivity contribution is 7.09. The standard InChI is InChI=1S/C16H29N3S/c1-7-16(6)11-19(13(10-18-16)12(2)3)15(4,5)14-17-8-9-20-14/h8-9,12-13,18H,7,10-11H2,1-6H3. The SMILES string of the molecule is CCC1(C)CN(C(C)(C)c2nccs2)C(C(C)C)CN1. The van der Waals surface area contributed by atoms with Gasteiger partial charge in [0, 0.05) is 36.2 Å². The zero-order valence-electron chi connectivity index (χ0n) is 13.7. The zero-order valence-corrected chi connectivity index (χ0v) is 14.5.